The second kappa shape index (κ2) is 5.55. The van der Waals surface area contributed by atoms with Crippen molar-refractivity contribution in [1.82, 2.24) is 29.5 Å². The number of fused-ring (bicyclic) bond motifs is 2. The molecule has 130 valence electrons. The van der Waals surface area contributed by atoms with E-state index < -0.39 is 0 Å². The molecule has 4 aromatic heterocycles. The van der Waals surface area contributed by atoms with Gasteiger partial charge < -0.3 is 14.3 Å². The summed E-state index contributed by atoms with van der Waals surface area (Å²) >= 11 is 0. The second-order valence-electron chi connectivity index (χ2n) is 6.32. The van der Waals surface area contributed by atoms with Crippen LogP contribution in [0.2, 0.25) is 0 Å². The average molecular weight is 348 g/mol. The zero-order valence-electron chi connectivity index (χ0n) is 14.1. The first-order chi connectivity index (χ1) is 12.7. The maximum Gasteiger partial charge on any atom is 0.292 e. The number of amides is 1. The third-order valence-electron chi connectivity index (χ3n) is 4.79. The van der Waals surface area contributed by atoms with Crippen molar-refractivity contribution in [2.24, 2.45) is 0 Å². The monoisotopic (exact) mass is 348 g/mol. The Labute approximate surface area is 148 Å². The van der Waals surface area contributed by atoms with Crippen LogP contribution in [0.3, 0.4) is 0 Å². The Morgan fingerprint density at radius 2 is 2.27 bits per heavy atom. The molecule has 4 aromatic rings. The van der Waals surface area contributed by atoms with Gasteiger partial charge in [-0.1, -0.05) is 6.07 Å². The average Bonchev–Trinajstić information content (AvgIpc) is 3.38. The van der Waals surface area contributed by atoms with Crippen LogP contribution in [-0.2, 0) is 6.42 Å². The first-order valence-electron chi connectivity index (χ1n) is 8.40. The third kappa shape index (κ3) is 2.15. The zero-order valence-corrected chi connectivity index (χ0v) is 14.1. The Morgan fingerprint density at radius 1 is 1.35 bits per heavy atom. The minimum Gasteiger partial charge on any atom is -0.438 e. The van der Waals surface area contributed by atoms with Gasteiger partial charge in [-0.15, -0.1) is 0 Å². The van der Waals surface area contributed by atoms with Gasteiger partial charge >= 0.3 is 0 Å². The Morgan fingerprint density at radius 3 is 3.08 bits per heavy atom. The molecule has 1 atom stereocenters. The lowest BCUT2D eigenvalue weighted by Gasteiger charge is -2.33. The van der Waals surface area contributed by atoms with Gasteiger partial charge in [0.15, 0.2) is 6.39 Å². The molecule has 0 unspecified atom stereocenters. The van der Waals surface area contributed by atoms with E-state index in [0.717, 1.165) is 22.6 Å². The number of hydrogen-bond acceptors (Lipinski definition) is 5. The lowest BCUT2D eigenvalue weighted by molar-refractivity contribution is 0.0653. The lowest BCUT2D eigenvalue weighted by Crippen LogP contribution is -2.41. The molecule has 0 radical (unpaired) electrons. The largest absolute Gasteiger partial charge is 0.438 e. The van der Waals surface area contributed by atoms with Crippen LogP contribution in [-0.4, -0.2) is 41.9 Å². The molecule has 8 heteroatoms. The summed E-state index contributed by atoms with van der Waals surface area (Å²) in [6, 6.07) is 7.48. The summed E-state index contributed by atoms with van der Waals surface area (Å²) in [5.41, 5.74) is 4.18. The summed E-state index contributed by atoms with van der Waals surface area (Å²) in [6.07, 6.45) is 5.56. The summed E-state index contributed by atoms with van der Waals surface area (Å²) in [7, 11) is 0. The molecule has 0 saturated heterocycles. The Balaban J connectivity index is 1.64. The molecule has 5 heterocycles. The number of nitrogens with zero attached hydrogens (tertiary/aromatic N) is 5. The number of H-pyrrole nitrogens is 1. The van der Waals surface area contributed by atoms with Gasteiger partial charge in [0.1, 0.15) is 6.04 Å². The van der Waals surface area contributed by atoms with Crippen LogP contribution < -0.4 is 0 Å². The number of aromatic amines is 1. The van der Waals surface area contributed by atoms with E-state index in [4.69, 9.17) is 4.42 Å². The van der Waals surface area contributed by atoms with E-state index in [2.05, 4.69) is 20.1 Å². The molecule has 0 fully saturated rings. The molecule has 1 aliphatic rings. The predicted octanol–water partition coefficient (Wildman–Crippen LogP) is 2.14. The van der Waals surface area contributed by atoms with E-state index in [1.165, 1.54) is 6.39 Å². The highest BCUT2D eigenvalue weighted by atomic mass is 16.3. The minimum absolute atomic E-state index is 0.198. The molecule has 1 N–H and O–H groups in total. The fraction of sp³-hybridized carbons (Fsp3) is 0.222. The van der Waals surface area contributed by atoms with Crippen molar-refractivity contribution in [3.63, 3.8) is 0 Å². The van der Waals surface area contributed by atoms with Gasteiger partial charge in [0.05, 0.1) is 28.9 Å². The number of oxazole rings is 1. The molecule has 26 heavy (non-hydrogen) atoms. The molecule has 0 spiro atoms. The zero-order chi connectivity index (χ0) is 17.7. The van der Waals surface area contributed by atoms with Gasteiger partial charge in [0.2, 0.25) is 5.76 Å². The first-order valence-corrected chi connectivity index (χ1v) is 8.40. The standard InChI is InChI=1S/C18H16N6O2/c1-11-17(26-10-21-11)18(25)23-7-5-13-15(20-9-19-13)16(23)14-8-12-4-2-3-6-24(12)22-14/h2-4,6,8-10,16H,5,7H2,1H3,(H,19,20)/t16-/m0/s1. The van der Waals surface area contributed by atoms with E-state index in [1.807, 2.05) is 30.5 Å². The van der Waals surface area contributed by atoms with Crippen molar-refractivity contribution in [3.05, 3.63) is 71.7 Å². The van der Waals surface area contributed by atoms with Crippen LogP contribution in [0.4, 0.5) is 0 Å². The van der Waals surface area contributed by atoms with Crippen LogP contribution in [0.1, 0.15) is 39.4 Å². The number of pyridine rings is 1. The van der Waals surface area contributed by atoms with Crippen LogP contribution in [0, 0.1) is 6.92 Å². The fourth-order valence-corrected chi connectivity index (χ4v) is 3.52. The van der Waals surface area contributed by atoms with E-state index in [0.29, 0.717) is 18.7 Å². The molecule has 0 bridgehead atoms. The maximum atomic E-state index is 13.1. The van der Waals surface area contributed by atoms with E-state index in [-0.39, 0.29) is 17.7 Å². The van der Waals surface area contributed by atoms with Crippen molar-refractivity contribution in [2.75, 3.05) is 6.54 Å². The van der Waals surface area contributed by atoms with E-state index in [1.54, 1.807) is 22.7 Å². The summed E-state index contributed by atoms with van der Waals surface area (Å²) in [6.45, 7) is 2.31. The minimum atomic E-state index is -0.373. The van der Waals surface area contributed by atoms with Gasteiger partial charge in [-0.25, -0.2) is 14.5 Å². The number of aromatic nitrogens is 5. The van der Waals surface area contributed by atoms with Gasteiger partial charge in [0.25, 0.3) is 5.91 Å². The van der Waals surface area contributed by atoms with E-state index in [9.17, 15) is 4.79 Å². The Bertz CT molecular complexity index is 1070. The lowest BCUT2D eigenvalue weighted by atomic mass is 9.99. The number of rotatable bonds is 2. The van der Waals surface area contributed by atoms with Crippen molar-refractivity contribution >= 4 is 11.4 Å². The number of nitrogens with one attached hydrogen (secondary N) is 1. The molecular formula is C18H16N6O2. The summed E-state index contributed by atoms with van der Waals surface area (Å²) in [5.74, 6) is 0.0634. The van der Waals surface area contributed by atoms with Gasteiger partial charge in [-0.2, -0.15) is 5.10 Å². The van der Waals surface area contributed by atoms with Crippen molar-refractivity contribution < 1.29 is 9.21 Å². The molecule has 8 nitrogen and oxygen atoms in total. The highest BCUT2D eigenvalue weighted by Gasteiger charge is 2.37. The number of carbonyl (C=O) groups excluding carboxylic acids is 1. The highest BCUT2D eigenvalue weighted by Crippen LogP contribution is 2.34. The third-order valence-corrected chi connectivity index (χ3v) is 4.79. The van der Waals surface area contributed by atoms with Crippen LogP contribution in [0.25, 0.3) is 5.52 Å². The van der Waals surface area contributed by atoms with Gasteiger partial charge in [-0.05, 0) is 25.1 Å². The molecule has 1 aliphatic heterocycles. The van der Waals surface area contributed by atoms with Gasteiger partial charge in [0, 0.05) is 24.9 Å². The highest BCUT2D eigenvalue weighted by molar-refractivity contribution is 5.93. The molecule has 1 amide bonds. The van der Waals surface area contributed by atoms with Crippen LogP contribution in [0.15, 0.2) is 47.6 Å². The maximum absolute atomic E-state index is 13.1. The number of aryl methyl sites for hydroxylation is 1. The Hall–Kier alpha value is -3.42. The summed E-state index contributed by atoms with van der Waals surface area (Å²) < 4.78 is 7.14. The number of carbonyl (C=O) groups is 1. The van der Waals surface area contributed by atoms with Crippen LogP contribution >= 0.6 is 0 Å². The van der Waals surface area contributed by atoms with Crippen LogP contribution in [0.5, 0.6) is 0 Å². The normalized spacial score (nSPS) is 16.8. The summed E-state index contributed by atoms with van der Waals surface area (Å²) in [4.78, 5) is 26.6. The molecule has 0 saturated carbocycles. The topological polar surface area (TPSA) is 92.3 Å². The smallest absolute Gasteiger partial charge is 0.292 e. The molecule has 5 rings (SSSR count). The predicted molar refractivity (Wildman–Crippen MR) is 91.6 cm³/mol. The second-order valence-corrected chi connectivity index (χ2v) is 6.32. The van der Waals surface area contributed by atoms with E-state index >= 15 is 0 Å². The Kier molecular flexibility index (Phi) is 3.18. The molecule has 0 aromatic carbocycles. The van der Waals surface area contributed by atoms with Gasteiger partial charge in [-0.3, -0.25) is 4.79 Å². The molecule has 0 aliphatic carbocycles. The molecular weight excluding hydrogens is 332 g/mol. The quantitative estimate of drug-likeness (QED) is 0.599. The summed E-state index contributed by atoms with van der Waals surface area (Å²) in [5, 5.41) is 4.67. The van der Waals surface area contributed by atoms with Crippen molar-refractivity contribution in [3.8, 4) is 0 Å². The number of hydrogen-bond donors (Lipinski definition) is 1. The number of imidazole rings is 1. The SMILES string of the molecule is Cc1ncoc1C(=O)N1CCc2[nH]cnc2[C@@H]1c1cc2ccccn2n1. The van der Waals surface area contributed by atoms with Crippen molar-refractivity contribution in [2.45, 2.75) is 19.4 Å². The fourth-order valence-electron chi connectivity index (χ4n) is 3.52. The first kappa shape index (κ1) is 14.9. The van der Waals surface area contributed by atoms with Crippen molar-refractivity contribution in [1.29, 1.82) is 0 Å².